The molecule has 338 valence electrons. The highest BCUT2D eigenvalue weighted by Gasteiger charge is 2.26. The SMILES string of the molecule is CC/C=C\C/C=C\C/C=C\C/C=C\CCCCCCCCCOCC(COP(=O)(O)OCC[N+](C)(C)C)OC(=O)CCCCCCC/C=C\CCCCCCCCC. The van der Waals surface area contributed by atoms with Crippen molar-refractivity contribution in [3.63, 3.8) is 0 Å². The number of nitrogens with zero attached hydrogens (tertiary/aromatic N) is 1. The van der Waals surface area contributed by atoms with Crippen LogP contribution in [0.3, 0.4) is 0 Å². The summed E-state index contributed by atoms with van der Waals surface area (Å²) in [6.07, 6.45) is 52.5. The summed E-state index contributed by atoms with van der Waals surface area (Å²) in [7, 11) is 1.65. The summed E-state index contributed by atoms with van der Waals surface area (Å²) < 4.78 is 35.0. The summed E-state index contributed by atoms with van der Waals surface area (Å²) in [6.45, 7) is 5.47. The van der Waals surface area contributed by atoms with Gasteiger partial charge in [0.2, 0.25) is 0 Å². The number of rotatable bonds is 43. The number of esters is 1. The second-order valence-corrected chi connectivity index (χ2v) is 18.2. The van der Waals surface area contributed by atoms with Crippen LogP contribution in [0.4, 0.5) is 0 Å². The van der Waals surface area contributed by atoms with Crippen molar-refractivity contribution in [1.82, 2.24) is 0 Å². The summed E-state index contributed by atoms with van der Waals surface area (Å²) >= 11 is 0. The number of carbonyl (C=O) groups is 1. The van der Waals surface area contributed by atoms with Gasteiger partial charge in [-0.1, -0.05) is 164 Å². The van der Waals surface area contributed by atoms with Crippen LogP contribution in [0.15, 0.2) is 60.8 Å². The van der Waals surface area contributed by atoms with Crippen molar-refractivity contribution in [2.45, 2.75) is 193 Å². The lowest BCUT2D eigenvalue weighted by Gasteiger charge is -2.24. The number of ether oxygens (including phenoxy) is 2. The minimum absolute atomic E-state index is 0.0824. The molecule has 0 saturated heterocycles. The molecule has 9 heteroatoms. The topological polar surface area (TPSA) is 91.3 Å². The minimum atomic E-state index is -4.28. The van der Waals surface area contributed by atoms with Crippen molar-refractivity contribution in [3.05, 3.63) is 60.8 Å². The number of phosphoric ester groups is 1. The van der Waals surface area contributed by atoms with Crippen molar-refractivity contribution >= 4 is 13.8 Å². The molecule has 0 aromatic rings. The normalized spacial score (nSPS) is 14.2. The number of unbranched alkanes of at least 4 members (excludes halogenated alkanes) is 19. The Morgan fingerprint density at radius 2 is 1.00 bits per heavy atom. The highest BCUT2D eigenvalue weighted by Crippen LogP contribution is 2.43. The molecule has 8 nitrogen and oxygen atoms in total. The van der Waals surface area contributed by atoms with E-state index in [0.717, 1.165) is 77.0 Å². The van der Waals surface area contributed by atoms with Gasteiger partial charge in [-0.3, -0.25) is 13.8 Å². The molecule has 2 atom stereocenters. The van der Waals surface area contributed by atoms with Gasteiger partial charge in [-0.05, 0) is 77.0 Å². The van der Waals surface area contributed by atoms with E-state index in [9.17, 15) is 14.3 Å². The van der Waals surface area contributed by atoms with Crippen molar-refractivity contribution in [1.29, 1.82) is 0 Å². The molecule has 0 saturated carbocycles. The molecule has 0 aliphatic heterocycles. The summed E-state index contributed by atoms with van der Waals surface area (Å²) in [6, 6.07) is 0. The third-order valence-corrected chi connectivity index (χ3v) is 10.8. The Balaban J connectivity index is 4.23. The summed E-state index contributed by atoms with van der Waals surface area (Å²) in [5, 5.41) is 0. The van der Waals surface area contributed by atoms with Gasteiger partial charge in [0.05, 0.1) is 34.4 Å². The van der Waals surface area contributed by atoms with E-state index < -0.39 is 13.9 Å². The van der Waals surface area contributed by atoms with Crippen molar-refractivity contribution in [2.24, 2.45) is 0 Å². The van der Waals surface area contributed by atoms with Gasteiger partial charge in [0.25, 0.3) is 0 Å². The van der Waals surface area contributed by atoms with Gasteiger partial charge in [-0.25, -0.2) is 4.57 Å². The summed E-state index contributed by atoms with van der Waals surface area (Å²) in [5.74, 6) is -0.328. The number of likely N-dealkylation sites (N-methyl/N-ethyl adjacent to an activating group) is 1. The molecule has 0 rings (SSSR count). The van der Waals surface area contributed by atoms with Crippen LogP contribution in [0.1, 0.15) is 187 Å². The van der Waals surface area contributed by atoms with E-state index in [0.29, 0.717) is 24.1 Å². The average molecular weight is 837 g/mol. The van der Waals surface area contributed by atoms with Crippen molar-refractivity contribution in [2.75, 3.05) is 54.1 Å². The first-order valence-corrected chi connectivity index (χ1v) is 25.0. The first-order chi connectivity index (χ1) is 28.1. The zero-order chi connectivity index (χ0) is 42.7. The van der Waals surface area contributed by atoms with Gasteiger partial charge in [0.1, 0.15) is 19.3 Å². The van der Waals surface area contributed by atoms with Gasteiger partial charge in [-0.15, -0.1) is 0 Å². The largest absolute Gasteiger partial charge is 0.472 e. The fraction of sp³-hybridized carbons (Fsp3) is 0.776. The molecular weight excluding hydrogens is 746 g/mol. The lowest BCUT2D eigenvalue weighted by Crippen LogP contribution is -2.37. The van der Waals surface area contributed by atoms with E-state index in [2.05, 4.69) is 74.6 Å². The lowest BCUT2D eigenvalue weighted by atomic mass is 10.1. The highest BCUT2D eigenvalue weighted by molar-refractivity contribution is 7.47. The molecular formula is C49H91NO7P+. The molecule has 0 aliphatic rings. The standard InChI is InChI=1S/C49H90NO7P/c1-6-8-10-12-14-16-18-20-22-24-25-26-27-29-31-33-35-37-39-41-44-54-46-48(47-56-58(52,53)55-45-43-50(3,4)5)57-49(51)42-40-38-36-34-32-30-28-23-21-19-17-15-13-11-9-7-2/h8,10,14,16,20,22-23,25-26,28,48H,6-7,9,11-13,15,17-19,21,24,27,29-47H2,1-5H3/p+1/b10-8-,16-14-,22-20-,26-25-,28-23-. The Morgan fingerprint density at radius 3 is 1.52 bits per heavy atom. The molecule has 0 radical (unpaired) electrons. The van der Waals surface area contributed by atoms with Gasteiger partial charge in [0.15, 0.2) is 0 Å². The highest BCUT2D eigenvalue weighted by atomic mass is 31.2. The van der Waals surface area contributed by atoms with Crippen LogP contribution in [-0.4, -0.2) is 75.6 Å². The molecule has 1 N–H and O–H groups in total. The molecule has 0 heterocycles. The van der Waals surface area contributed by atoms with Gasteiger partial charge in [-0.2, -0.15) is 0 Å². The van der Waals surface area contributed by atoms with E-state index in [-0.39, 0.29) is 25.8 Å². The third kappa shape index (κ3) is 45.3. The Hall–Kier alpha value is -1.80. The Morgan fingerprint density at radius 1 is 0.552 bits per heavy atom. The van der Waals surface area contributed by atoms with Crippen LogP contribution in [0, 0.1) is 0 Å². The summed E-state index contributed by atoms with van der Waals surface area (Å²) in [5.41, 5.74) is 0. The fourth-order valence-corrected chi connectivity index (χ4v) is 6.93. The lowest BCUT2D eigenvalue weighted by molar-refractivity contribution is -0.870. The van der Waals surface area contributed by atoms with Crippen LogP contribution < -0.4 is 0 Å². The second kappa shape index (κ2) is 41.9. The van der Waals surface area contributed by atoms with Crippen molar-refractivity contribution < 1.29 is 37.3 Å². The van der Waals surface area contributed by atoms with E-state index in [1.807, 2.05) is 21.1 Å². The predicted molar refractivity (Wildman–Crippen MR) is 247 cm³/mol. The first kappa shape index (κ1) is 56.2. The quantitative estimate of drug-likeness (QED) is 0.0215. The molecule has 0 aromatic heterocycles. The smallest absolute Gasteiger partial charge is 0.457 e. The Kier molecular flexibility index (Phi) is 40.6. The number of hydrogen-bond acceptors (Lipinski definition) is 6. The maximum Gasteiger partial charge on any atom is 0.472 e. The predicted octanol–water partition coefficient (Wildman–Crippen LogP) is 14.1. The van der Waals surface area contributed by atoms with Crippen LogP contribution in [0.2, 0.25) is 0 Å². The summed E-state index contributed by atoms with van der Waals surface area (Å²) in [4.78, 5) is 22.9. The number of allylic oxidation sites excluding steroid dienone is 10. The van der Waals surface area contributed by atoms with Gasteiger partial charge in [0, 0.05) is 13.0 Å². The zero-order valence-electron chi connectivity index (χ0n) is 38.3. The average Bonchev–Trinajstić information content (AvgIpc) is 3.18. The molecule has 0 aromatic carbocycles. The number of quaternary nitrogens is 1. The van der Waals surface area contributed by atoms with E-state index in [1.165, 1.54) is 89.9 Å². The third-order valence-electron chi connectivity index (χ3n) is 9.81. The number of carbonyl (C=O) groups excluding carboxylic acids is 1. The first-order valence-electron chi connectivity index (χ1n) is 23.5. The molecule has 2 unspecified atom stereocenters. The van der Waals surface area contributed by atoms with Gasteiger partial charge >= 0.3 is 13.8 Å². The molecule has 0 aliphatic carbocycles. The molecule has 58 heavy (non-hydrogen) atoms. The van der Waals surface area contributed by atoms with Crippen LogP contribution in [-0.2, 0) is 27.9 Å². The van der Waals surface area contributed by atoms with Crippen LogP contribution in [0.25, 0.3) is 0 Å². The number of phosphoric acid groups is 1. The molecule has 0 fully saturated rings. The molecule has 0 spiro atoms. The molecule has 0 bridgehead atoms. The second-order valence-electron chi connectivity index (χ2n) is 16.8. The maximum atomic E-state index is 12.7. The van der Waals surface area contributed by atoms with E-state index >= 15 is 0 Å². The molecule has 0 amide bonds. The minimum Gasteiger partial charge on any atom is -0.457 e. The zero-order valence-corrected chi connectivity index (χ0v) is 39.2. The van der Waals surface area contributed by atoms with E-state index in [4.69, 9.17) is 18.5 Å². The maximum absolute atomic E-state index is 12.7. The van der Waals surface area contributed by atoms with E-state index in [1.54, 1.807) is 0 Å². The number of hydrogen-bond donors (Lipinski definition) is 1. The van der Waals surface area contributed by atoms with Gasteiger partial charge < -0.3 is 18.9 Å². The Labute approximate surface area is 358 Å². The van der Waals surface area contributed by atoms with Crippen LogP contribution in [0.5, 0.6) is 0 Å². The van der Waals surface area contributed by atoms with Crippen molar-refractivity contribution in [3.8, 4) is 0 Å². The fourth-order valence-electron chi connectivity index (χ4n) is 6.19. The Bertz CT molecular complexity index is 1110. The van der Waals surface area contributed by atoms with Crippen LogP contribution >= 0.6 is 7.82 Å². The monoisotopic (exact) mass is 837 g/mol.